The zero-order valence-corrected chi connectivity index (χ0v) is 9.81. The first-order valence-corrected chi connectivity index (χ1v) is 5.40. The molecule has 1 N–H and O–H groups in total. The molecule has 0 aliphatic rings. The van der Waals surface area contributed by atoms with E-state index in [-0.39, 0.29) is 0 Å². The number of aromatic nitrogens is 3. The van der Waals surface area contributed by atoms with Gasteiger partial charge in [0, 0.05) is 19.4 Å². The number of nitrogens with zero attached hydrogens (tertiary/aromatic N) is 3. The summed E-state index contributed by atoms with van der Waals surface area (Å²) >= 11 is 0. The highest BCUT2D eigenvalue weighted by Crippen LogP contribution is 2.18. The number of imidazole rings is 1. The van der Waals surface area contributed by atoms with Crippen LogP contribution in [0.15, 0.2) is 24.7 Å². The summed E-state index contributed by atoms with van der Waals surface area (Å²) in [7, 11) is 1.90. The summed E-state index contributed by atoms with van der Waals surface area (Å²) in [5.41, 5.74) is 1.81. The van der Waals surface area contributed by atoms with Crippen LogP contribution in [0.2, 0.25) is 0 Å². The molecule has 0 fully saturated rings. The van der Waals surface area contributed by atoms with Gasteiger partial charge in [0.25, 0.3) is 0 Å². The van der Waals surface area contributed by atoms with Crippen LogP contribution in [-0.4, -0.2) is 21.4 Å². The number of hydrogen-bond acceptors (Lipinski definition) is 3. The van der Waals surface area contributed by atoms with Crippen LogP contribution in [0.4, 0.5) is 5.82 Å². The molecule has 0 aromatic carbocycles. The van der Waals surface area contributed by atoms with Gasteiger partial charge < -0.3 is 5.32 Å². The van der Waals surface area contributed by atoms with Gasteiger partial charge in [0.2, 0.25) is 0 Å². The monoisotopic (exact) mass is 216 g/mol. The normalized spacial score (nSPS) is 11.8. The maximum atomic E-state index is 4.51. The number of hydrogen-bond donors (Lipinski definition) is 1. The lowest BCUT2D eigenvalue weighted by atomic mass is 10.2. The molecule has 0 bridgehead atoms. The zero-order valence-electron chi connectivity index (χ0n) is 9.81. The number of allylic oxidation sites excluding steroid dienone is 1. The Balaban J connectivity index is 2.52. The van der Waals surface area contributed by atoms with E-state index < -0.39 is 0 Å². The van der Waals surface area contributed by atoms with Crippen LogP contribution in [-0.2, 0) is 0 Å². The molecule has 0 atom stereocenters. The van der Waals surface area contributed by atoms with E-state index in [1.54, 1.807) is 12.4 Å². The Morgan fingerprint density at radius 2 is 2.25 bits per heavy atom. The van der Waals surface area contributed by atoms with E-state index in [1.807, 2.05) is 23.7 Å². The van der Waals surface area contributed by atoms with Crippen molar-refractivity contribution in [2.24, 2.45) is 5.92 Å². The molecule has 16 heavy (non-hydrogen) atoms. The van der Waals surface area contributed by atoms with Crippen LogP contribution in [0.25, 0.3) is 11.7 Å². The molecule has 2 heterocycles. The third kappa shape index (κ3) is 1.91. The summed E-state index contributed by atoms with van der Waals surface area (Å²) in [5.74, 6) is 1.52. The second kappa shape index (κ2) is 4.35. The highest BCUT2D eigenvalue weighted by atomic mass is 15.1. The minimum atomic E-state index is 0.521. The lowest BCUT2D eigenvalue weighted by Crippen LogP contribution is -1.95. The Bertz CT molecular complexity index is 511. The predicted molar refractivity (Wildman–Crippen MR) is 66.4 cm³/mol. The van der Waals surface area contributed by atoms with Crippen molar-refractivity contribution in [1.29, 1.82) is 0 Å². The number of rotatable bonds is 3. The van der Waals surface area contributed by atoms with Crippen LogP contribution in [0.3, 0.4) is 0 Å². The first-order chi connectivity index (χ1) is 7.72. The van der Waals surface area contributed by atoms with Crippen molar-refractivity contribution in [3.63, 3.8) is 0 Å². The average Bonchev–Trinajstić information content (AvgIpc) is 2.63. The van der Waals surface area contributed by atoms with Crippen molar-refractivity contribution in [3.8, 4) is 0 Å². The van der Waals surface area contributed by atoms with Crippen molar-refractivity contribution in [3.05, 3.63) is 30.4 Å². The highest BCUT2D eigenvalue weighted by molar-refractivity contribution is 5.65. The quantitative estimate of drug-likeness (QED) is 0.856. The van der Waals surface area contributed by atoms with Crippen molar-refractivity contribution >= 4 is 17.5 Å². The molecule has 0 aliphatic carbocycles. The molecule has 0 amide bonds. The van der Waals surface area contributed by atoms with Crippen molar-refractivity contribution in [2.45, 2.75) is 13.8 Å². The minimum Gasteiger partial charge on any atom is -0.372 e. The molecular weight excluding hydrogens is 200 g/mol. The van der Waals surface area contributed by atoms with E-state index in [4.69, 9.17) is 0 Å². The van der Waals surface area contributed by atoms with Gasteiger partial charge in [-0.05, 0) is 12.0 Å². The van der Waals surface area contributed by atoms with Crippen LogP contribution < -0.4 is 5.32 Å². The molecule has 4 heteroatoms. The van der Waals surface area contributed by atoms with E-state index in [9.17, 15) is 0 Å². The molecule has 0 unspecified atom stereocenters. The predicted octanol–water partition coefficient (Wildman–Crippen LogP) is 2.44. The lowest BCUT2D eigenvalue weighted by molar-refractivity contribution is 0.836. The summed E-state index contributed by atoms with van der Waals surface area (Å²) in [6.45, 7) is 4.29. The first-order valence-electron chi connectivity index (χ1n) is 5.40. The topological polar surface area (TPSA) is 42.2 Å². The Kier molecular flexibility index (Phi) is 2.90. The molecule has 2 rings (SSSR count). The van der Waals surface area contributed by atoms with Crippen LogP contribution in [0, 0.1) is 5.92 Å². The maximum Gasteiger partial charge on any atom is 0.157 e. The Labute approximate surface area is 95.0 Å². The Morgan fingerprint density at radius 1 is 1.44 bits per heavy atom. The van der Waals surface area contributed by atoms with Crippen molar-refractivity contribution in [2.75, 3.05) is 12.4 Å². The van der Waals surface area contributed by atoms with Crippen LogP contribution >= 0.6 is 0 Å². The average molecular weight is 216 g/mol. The zero-order chi connectivity index (χ0) is 11.5. The maximum absolute atomic E-state index is 4.51. The van der Waals surface area contributed by atoms with E-state index in [2.05, 4.69) is 35.2 Å². The third-order valence-electron chi connectivity index (χ3n) is 2.33. The molecule has 0 spiro atoms. The molecule has 2 aromatic rings. The third-order valence-corrected chi connectivity index (χ3v) is 2.33. The van der Waals surface area contributed by atoms with Gasteiger partial charge in [-0.1, -0.05) is 19.9 Å². The summed E-state index contributed by atoms with van der Waals surface area (Å²) in [6.07, 6.45) is 9.60. The van der Waals surface area contributed by atoms with E-state index in [0.717, 1.165) is 17.2 Å². The van der Waals surface area contributed by atoms with Gasteiger partial charge in [0.1, 0.15) is 11.5 Å². The number of anilines is 1. The van der Waals surface area contributed by atoms with E-state index >= 15 is 0 Å². The van der Waals surface area contributed by atoms with Gasteiger partial charge in [-0.15, -0.1) is 0 Å². The Hall–Kier alpha value is -1.84. The molecule has 0 radical (unpaired) electrons. The van der Waals surface area contributed by atoms with Crippen LogP contribution in [0.1, 0.15) is 19.5 Å². The molecule has 0 saturated carbocycles. The first kappa shape index (κ1) is 10.7. The summed E-state index contributed by atoms with van der Waals surface area (Å²) in [4.78, 5) is 8.57. The molecule has 2 aromatic heterocycles. The standard InChI is InChI=1S/C12H16N4/c1-9(2)4-5-10-12(13-3)16-7-6-14-8-11(16)15-10/h4-9,13H,1-3H3/b5-4+. The summed E-state index contributed by atoms with van der Waals surface area (Å²) < 4.78 is 1.99. The molecule has 0 saturated heterocycles. The summed E-state index contributed by atoms with van der Waals surface area (Å²) in [6, 6.07) is 0. The smallest absolute Gasteiger partial charge is 0.157 e. The SMILES string of the molecule is CNc1c(/C=C/C(C)C)nc2cnccn12. The van der Waals surface area contributed by atoms with Gasteiger partial charge in [0.05, 0.1) is 6.20 Å². The highest BCUT2D eigenvalue weighted by Gasteiger charge is 2.07. The molecule has 84 valence electrons. The van der Waals surface area contributed by atoms with Gasteiger partial charge >= 0.3 is 0 Å². The van der Waals surface area contributed by atoms with Gasteiger partial charge in [-0.3, -0.25) is 9.38 Å². The largest absolute Gasteiger partial charge is 0.372 e. The van der Waals surface area contributed by atoms with Gasteiger partial charge in [-0.25, -0.2) is 4.98 Å². The lowest BCUT2D eigenvalue weighted by Gasteiger charge is -2.00. The molecule has 4 nitrogen and oxygen atoms in total. The second-order valence-electron chi connectivity index (χ2n) is 4.00. The van der Waals surface area contributed by atoms with Gasteiger partial charge in [-0.2, -0.15) is 0 Å². The van der Waals surface area contributed by atoms with E-state index in [1.165, 1.54) is 0 Å². The van der Waals surface area contributed by atoms with Crippen LogP contribution in [0.5, 0.6) is 0 Å². The van der Waals surface area contributed by atoms with Gasteiger partial charge in [0.15, 0.2) is 5.65 Å². The van der Waals surface area contributed by atoms with Crippen molar-refractivity contribution in [1.82, 2.24) is 14.4 Å². The molecule has 0 aliphatic heterocycles. The van der Waals surface area contributed by atoms with E-state index in [0.29, 0.717) is 5.92 Å². The number of fused-ring (bicyclic) bond motifs is 1. The fourth-order valence-corrected chi connectivity index (χ4v) is 1.57. The van der Waals surface area contributed by atoms with Crippen molar-refractivity contribution < 1.29 is 0 Å². The molecular formula is C12H16N4. The second-order valence-corrected chi connectivity index (χ2v) is 4.00. The summed E-state index contributed by atoms with van der Waals surface area (Å²) in [5, 5.41) is 3.16. The fourth-order valence-electron chi connectivity index (χ4n) is 1.57. The minimum absolute atomic E-state index is 0.521. The Morgan fingerprint density at radius 3 is 2.94 bits per heavy atom. The fraction of sp³-hybridized carbons (Fsp3) is 0.333. The number of nitrogens with one attached hydrogen (secondary N) is 1.